The van der Waals surface area contributed by atoms with E-state index in [1.807, 2.05) is 4.90 Å². The highest BCUT2D eigenvalue weighted by molar-refractivity contribution is 5.90. The molecule has 0 saturated carbocycles. The summed E-state index contributed by atoms with van der Waals surface area (Å²) in [5, 5.41) is 0. The van der Waals surface area contributed by atoms with E-state index in [4.69, 9.17) is 0 Å². The van der Waals surface area contributed by atoms with Gasteiger partial charge in [-0.05, 0) is 18.9 Å². The molecule has 3 heterocycles. The third-order valence-electron chi connectivity index (χ3n) is 4.47. The summed E-state index contributed by atoms with van der Waals surface area (Å²) in [5.74, 6) is -1.78. The largest absolute Gasteiger partial charge is 0.471 e. The molecule has 0 N–H and O–H groups in total. The Kier molecular flexibility index (Phi) is 4.78. The monoisotopic (exact) mass is 357 g/mol. The SMILES string of the molecule is O=C(C1CCCN1C(=O)C(F)(F)F)N1CCN(c2ncccn2)CC1. The van der Waals surface area contributed by atoms with Gasteiger partial charge in [-0.25, -0.2) is 9.97 Å². The lowest BCUT2D eigenvalue weighted by Gasteiger charge is -2.37. The molecule has 25 heavy (non-hydrogen) atoms. The number of anilines is 1. The van der Waals surface area contributed by atoms with Crippen molar-refractivity contribution in [3.8, 4) is 0 Å². The molecular formula is C15H18F3N5O2. The molecule has 2 fully saturated rings. The van der Waals surface area contributed by atoms with Crippen LogP contribution < -0.4 is 4.90 Å². The Morgan fingerprint density at radius 3 is 2.28 bits per heavy atom. The number of aromatic nitrogens is 2. The van der Waals surface area contributed by atoms with Crippen molar-refractivity contribution >= 4 is 17.8 Å². The Bertz CT molecular complexity index is 632. The molecule has 2 aliphatic rings. The van der Waals surface area contributed by atoms with Crippen molar-refractivity contribution in [2.75, 3.05) is 37.6 Å². The molecule has 0 radical (unpaired) electrons. The molecule has 0 aromatic carbocycles. The van der Waals surface area contributed by atoms with Gasteiger partial charge >= 0.3 is 12.1 Å². The summed E-state index contributed by atoms with van der Waals surface area (Å²) < 4.78 is 38.0. The highest BCUT2D eigenvalue weighted by atomic mass is 19.4. The predicted molar refractivity (Wildman–Crippen MR) is 81.6 cm³/mol. The van der Waals surface area contributed by atoms with E-state index in [9.17, 15) is 22.8 Å². The van der Waals surface area contributed by atoms with E-state index >= 15 is 0 Å². The predicted octanol–water partition coefficient (Wildman–Crippen LogP) is 0.678. The van der Waals surface area contributed by atoms with E-state index in [2.05, 4.69) is 9.97 Å². The fourth-order valence-corrected chi connectivity index (χ4v) is 3.22. The maximum Gasteiger partial charge on any atom is 0.471 e. The van der Waals surface area contributed by atoms with Crippen LogP contribution in [-0.2, 0) is 9.59 Å². The Labute approximate surface area is 142 Å². The van der Waals surface area contributed by atoms with Gasteiger partial charge in [-0.2, -0.15) is 13.2 Å². The van der Waals surface area contributed by atoms with Gasteiger partial charge in [-0.1, -0.05) is 0 Å². The van der Waals surface area contributed by atoms with E-state index in [0.717, 1.165) is 0 Å². The van der Waals surface area contributed by atoms with Gasteiger partial charge in [-0.15, -0.1) is 0 Å². The van der Waals surface area contributed by atoms with Crippen LogP contribution in [0.1, 0.15) is 12.8 Å². The molecule has 10 heteroatoms. The van der Waals surface area contributed by atoms with Crippen LogP contribution in [0, 0.1) is 0 Å². The van der Waals surface area contributed by atoms with Crippen molar-refractivity contribution < 1.29 is 22.8 Å². The number of carbonyl (C=O) groups is 2. The molecule has 2 aliphatic heterocycles. The third kappa shape index (κ3) is 3.67. The minimum Gasteiger partial charge on any atom is -0.337 e. The van der Waals surface area contributed by atoms with Crippen LogP contribution in [0.4, 0.5) is 19.1 Å². The van der Waals surface area contributed by atoms with Gasteiger partial charge in [0.15, 0.2) is 0 Å². The van der Waals surface area contributed by atoms with Crippen LogP contribution in [0.2, 0.25) is 0 Å². The Balaban J connectivity index is 1.61. The van der Waals surface area contributed by atoms with Crippen molar-refractivity contribution in [1.82, 2.24) is 19.8 Å². The van der Waals surface area contributed by atoms with Gasteiger partial charge in [0.1, 0.15) is 6.04 Å². The van der Waals surface area contributed by atoms with Crippen molar-refractivity contribution in [1.29, 1.82) is 0 Å². The van der Waals surface area contributed by atoms with Crippen LogP contribution in [0.15, 0.2) is 18.5 Å². The van der Waals surface area contributed by atoms with Gasteiger partial charge in [0.2, 0.25) is 11.9 Å². The lowest BCUT2D eigenvalue weighted by atomic mass is 10.1. The molecular weight excluding hydrogens is 339 g/mol. The van der Waals surface area contributed by atoms with Crippen LogP contribution in [0.3, 0.4) is 0 Å². The van der Waals surface area contributed by atoms with Crippen LogP contribution >= 0.6 is 0 Å². The molecule has 0 bridgehead atoms. The van der Waals surface area contributed by atoms with E-state index in [-0.39, 0.29) is 13.0 Å². The smallest absolute Gasteiger partial charge is 0.337 e. The van der Waals surface area contributed by atoms with Crippen molar-refractivity contribution in [3.05, 3.63) is 18.5 Å². The number of hydrogen-bond donors (Lipinski definition) is 0. The number of piperazine rings is 1. The second-order valence-corrected chi connectivity index (χ2v) is 6.02. The summed E-state index contributed by atoms with van der Waals surface area (Å²) in [7, 11) is 0. The van der Waals surface area contributed by atoms with E-state index in [0.29, 0.717) is 43.4 Å². The molecule has 0 spiro atoms. The number of amides is 2. The fourth-order valence-electron chi connectivity index (χ4n) is 3.22. The van der Waals surface area contributed by atoms with Gasteiger partial charge in [-0.3, -0.25) is 9.59 Å². The van der Waals surface area contributed by atoms with E-state index in [1.54, 1.807) is 18.5 Å². The second kappa shape index (κ2) is 6.85. The number of nitrogens with zero attached hydrogens (tertiary/aromatic N) is 5. The Morgan fingerprint density at radius 1 is 1.04 bits per heavy atom. The normalized spacial score (nSPS) is 21.6. The minimum atomic E-state index is -4.95. The lowest BCUT2D eigenvalue weighted by molar-refractivity contribution is -0.187. The zero-order chi connectivity index (χ0) is 18.0. The van der Waals surface area contributed by atoms with Gasteiger partial charge in [0, 0.05) is 45.1 Å². The van der Waals surface area contributed by atoms with E-state index < -0.39 is 24.0 Å². The summed E-state index contributed by atoms with van der Waals surface area (Å²) in [6, 6.07) is 0.684. The number of hydrogen-bond acceptors (Lipinski definition) is 5. The Morgan fingerprint density at radius 2 is 1.68 bits per heavy atom. The summed E-state index contributed by atoms with van der Waals surface area (Å²) in [4.78, 5) is 36.5. The average molecular weight is 357 g/mol. The van der Waals surface area contributed by atoms with Crippen molar-refractivity contribution in [2.45, 2.75) is 25.1 Å². The summed E-state index contributed by atoms with van der Waals surface area (Å²) in [6.07, 6.45) is -1.04. The molecule has 1 aromatic rings. The third-order valence-corrected chi connectivity index (χ3v) is 4.47. The molecule has 7 nitrogen and oxygen atoms in total. The molecule has 1 unspecified atom stereocenters. The summed E-state index contributed by atoms with van der Waals surface area (Å²) in [5.41, 5.74) is 0. The molecule has 3 rings (SSSR count). The quantitative estimate of drug-likeness (QED) is 0.779. The maximum absolute atomic E-state index is 12.7. The summed E-state index contributed by atoms with van der Waals surface area (Å²) >= 11 is 0. The fraction of sp³-hybridized carbons (Fsp3) is 0.600. The topological polar surface area (TPSA) is 69.6 Å². The molecule has 1 atom stereocenters. The minimum absolute atomic E-state index is 0.0351. The van der Waals surface area contributed by atoms with Gasteiger partial charge in [0.25, 0.3) is 0 Å². The molecule has 0 aliphatic carbocycles. The second-order valence-electron chi connectivity index (χ2n) is 6.02. The molecule has 2 saturated heterocycles. The maximum atomic E-state index is 12.7. The number of likely N-dealkylation sites (tertiary alicyclic amines) is 1. The molecule has 1 aromatic heterocycles. The Hall–Kier alpha value is -2.39. The first-order valence-electron chi connectivity index (χ1n) is 8.06. The molecule has 2 amide bonds. The van der Waals surface area contributed by atoms with E-state index in [1.165, 1.54) is 4.90 Å². The van der Waals surface area contributed by atoms with Gasteiger partial charge in [0.05, 0.1) is 0 Å². The highest BCUT2D eigenvalue weighted by Crippen LogP contribution is 2.27. The first kappa shape index (κ1) is 17.4. The first-order chi connectivity index (χ1) is 11.9. The number of carbonyl (C=O) groups excluding carboxylic acids is 2. The van der Waals surface area contributed by atoms with Crippen LogP contribution in [0.5, 0.6) is 0 Å². The number of rotatable bonds is 2. The highest BCUT2D eigenvalue weighted by Gasteiger charge is 2.48. The first-order valence-corrected chi connectivity index (χ1v) is 8.06. The lowest BCUT2D eigenvalue weighted by Crippen LogP contribution is -2.56. The zero-order valence-corrected chi connectivity index (χ0v) is 13.4. The average Bonchev–Trinajstić information content (AvgIpc) is 3.10. The van der Waals surface area contributed by atoms with Crippen LogP contribution in [0.25, 0.3) is 0 Å². The van der Waals surface area contributed by atoms with Crippen molar-refractivity contribution in [2.24, 2.45) is 0 Å². The molecule has 136 valence electrons. The summed E-state index contributed by atoms with van der Waals surface area (Å²) in [6.45, 7) is 1.68. The van der Waals surface area contributed by atoms with Crippen molar-refractivity contribution in [3.63, 3.8) is 0 Å². The zero-order valence-electron chi connectivity index (χ0n) is 13.4. The number of halogens is 3. The standard InChI is InChI=1S/C15H18F3N5O2/c16-15(17,18)13(25)23-6-1-3-11(23)12(24)21-7-9-22(10-8-21)14-19-4-2-5-20-14/h2,4-5,11H,1,3,6-10H2. The van der Waals surface area contributed by atoms with Gasteiger partial charge < -0.3 is 14.7 Å². The van der Waals surface area contributed by atoms with Crippen LogP contribution in [-0.4, -0.2) is 76.5 Å². The number of alkyl halides is 3.